The van der Waals surface area contributed by atoms with Crippen molar-refractivity contribution >= 4 is 39.2 Å². The number of benzene rings is 1. The highest BCUT2D eigenvalue weighted by Gasteiger charge is 2.10. The van der Waals surface area contributed by atoms with Gasteiger partial charge in [-0.1, -0.05) is 22.0 Å². The summed E-state index contributed by atoms with van der Waals surface area (Å²) in [5.41, 5.74) is 0.965. The number of ether oxygens (including phenoxy) is 1. The first-order chi connectivity index (χ1) is 10.1. The molecule has 1 heterocycles. The highest BCUT2D eigenvalue weighted by molar-refractivity contribution is 9.10. The molecule has 2 aromatic rings. The molecule has 0 aliphatic rings. The summed E-state index contributed by atoms with van der Waals surface area (Å²) >= 11 is 5.04. The average molecular weight is 366 g/mol. The predicted molar refractivity (Wildman–Crippen MR) is 90.5 cm³/mol. The molecule has 0 N–H and O–H groups in total. The molecule has 5 heteroatoms. The number of carbonyl (C=O) groups is 1. The molecule has 110 valence electrons. The first-order valence-electron chi connectivity index (χ1n) is 6.39. The van der Waals surface area contributed by atoms with Crippen LogP contribution in [0.25, 0.3) is 6.08 Å². The van der Waals surface area contributed by atoms with E-state index in [1.807, 2.05) is 41.8 Å². The van der Waals surface area contributed by atoms with E-state index in [9.17, 15) is 4.79 Å². The lowest BCUT2D eigenvalue weighted by Gasteiger charge is -2.17. The maximum atomic E-state index is 12.1. The number of likely N-dealkylation sites (N-methyl/N-ethyl adjacent to an activating group) is 1. The van der Waals surface area contributed by atoms with Crippen molar-refractivity contribution in [1.82, 2.24) is 4.90 Å². The van der Waals surface area contributed by atoms with E-state index in [4.69, 9.17) is 4.74 Å². The minimum absolute atomic E-state index is 0.0366. The lowest BCUT2D eigenvalue weighted by molar-refractivity contribution is -0.125. The van der Waals surface area contributed by atoms with Crippen molar-refractivity contribution in [2.75, 3.05) is 14.2 Å². The fourth-order valence-electron chi connectivity index (χ4n) is 1.87. The molecule has 0 saturated heterocycles. The van der Waals surface area contributed by atoms with E-state index in [0.717, 1.165) is 20.7 Å². The Balaban J connectivity index is 2.05. The molecule has 0 aliphatic heterocycles. The Morgan fingerprint density at radius 1 is 1.43 bits per heavy atom. The van der Waals surface area contributed by atoms with E-state index < -0.39 is 0 Å². The Kier molecular flexibility index (Phi) is 5.59. The van der Waals surface area contributed by atoms with Gasteiger partial charge in [0.15, 0.2) is 0 Å². The molecule has 0 unspecified atom stereocenters. The Morgan fingerprint density at radius 2 is 2.24 bits per heavy atom. The van der Waals surface area contributed by atoms with Gasteiger partial charge >= 0.3 is 0 Å². The molecule has 21 heavy (non-hydrogen) atoms. The third-order valence-electron chi connectivity index (χ3n) is 2.96. The van der Waals surface area contributed by atoms with E-state index in [1.165, 1.54) is 0 Å². The van der Waals surface area contributed by atoms with Crippen LogP contribution in [-0.4, -0.2) is 25.0 Å². The molecule has 0 fully saturated rings. The van der Waals surface area contributed by atoms with Gasteiger partial charge in [0, 0.05) is 34.6 Å². The molecule has 1 amide bonds. The third-order valence-corrected chi connectivity index (χ3v) is 4.29. The number of halogens is 1. The Hall–Kier alpha value is -1.59. The molecule has 3 nitrogen and oxygen atoms in total. The summed E-state index contributed by atoms with van der Waals surface area (Å²) in [5, 5.41) is 1.99. The smallest absolute Gasteiger partial charge is 0.246 e. The van der Waals surface area contributed by atoms with Gasteiger partial charge < -0.3 is 9.64 Å². The zero-order valence-corrected chi connectivity index (χ0v) is 14.3. The highest BCUT2D eigenvalue weighted by Crippen LogP contribution is 2.24. The first kappa shape index (κ1) is 15.8. The van der Waals surface area contributed by atoms with E-state index in [1.54, 1.807) is 36.5 Å². The number of hydrogen-bond donors (Lipinski definition) is 0. The molecule has 0 saturated carbocycles. The van der Waals surface area contributed by atoms with Crippen LogP contribution in [0.3, 0.4) is 0 Å². The number of rotatable bonds is 5. The summed E-state index contributed by atoms with van der Waals surface area (Å²) in [6.45, 7) is 0.496. The molecule has 2 rings (SSSR count). The summed E-state index contributed by atoms with van der Waals surface area (Å²) in [7, 11) is 3.41. The van der Waals surface area contributed by atoms with Crippen molar-refractivity contribution in [3.05, 3.63) is 56.7 Å². The Morgan fingerprint density at radius 3 is 2.90 bits per heavy atom. The normalized spacial score (nSPS) is 10.8. The Bertz CT molecular complexity index is 638. The number of methoxy groups -OCH3 is 1. The van der Waals surface area contributed by atoms with Gasteiger partial charge in [-0.25, -0.2) is 0 Å². The quantitative estimate of drug-likeness (QED) is 0.743. The summed E-state index contributed by atoms with van der Waals surface area (Å²) in [6, 6.07) is 9.71. The van der Waals surface area contributed by atoms with Gasteiger partial charge in [-0.2, -0.15) is 0 Å². The van der Waals surface area contributed by atoms with Gasteiger partial charge in [0.1, 0.15) is 5.75 Å². The molecule has 1 aromatic heterocycles. The van der Waals surface area contributed by atoms with E-state index in [2.05, 4.69) is 15.9 Å². The number of hydrogen-bond acceptors (Lipinski definition) is 3. The lowest BCUT2D eigenvalue weighted by Crippen LogP contribution is -2.24. The molecule has 1 aromatic carbocycles. The van der Waals surface area contributed by atoms with Crippen molar-refractivity contribution in [2.45, 2.75) is 6.54 Å². The molecule has 0 spiro atoms. The second-order valence-corrected chi connectivity index (χ2v) is 6.39. The summed E-state index contributed by atoms with van der Waals surface area (Å²) in [4.78, 5) is 14.8. The van der Waals surface area contributed by atoms with Crippen LogP contribution in [0.15, 0.2) is 46.3 Å². The number of nitrogens with zero attached hydrogens (tertiary/aromatic N) is 1. The monoisotopic (exact) mass is 365 g/mol. The lowest BCUT2D eigenvalue weighted by atomic mass is 10.2. The standard InChI is InChI=1S/C16H16BrNO2S/c1-18(16(19)8-6-14-4-3-9-21-14)11-12-10-13(17)5-7-15(12)20-2/h3-10H,11H2,1-2H3. The van der Waals surface area contributed by atoms with E-state index in [-0.39, 0.29) is 5.91 Å². The van der Waals surface area contributed by atoms with Gasteiger partial charge in [-0.05, 0) is 35.7 Å². The third kappa shape index (κ3) is 4.44. The van der Waals surface area contributed by atoms with Gasteiger partial charge in [-0.15, -0.1) is 11.3 Å². The predicted octanol–water partition coefficient (Wildman–Crippen LogP) is 4.19. The van der Waals surface area contributed by atoms with E-state index in [0.29, 0.717) is 6.54 Å². The molecule has 0 atom stereocenters. The molecular formula is C16H16BrNO2S. The second-order valence-electron chi connectivity index (χ2n) is 4.50. The average Bonchev–Trinajstić information content (AvgIpc) is 2.98. The van der Waals surface area contributed by atoms with Crippen LogP contribution < -0.4 is 4.74 Å². The zero-order valence-electron chi connectivity index (χ0n) is 11.9. The number of thiophene rings is 1. The number of amides is 1. The second kappa shape index (κ2) is 7.43. The largest absolute Gasteiger partial charge is 0.496 e. The van der Waals surface area contributed by atoms with Crippen molar-refractivity contribution < 1.29 is 9.53 Å². The van der Waals surface area contributed by atoms with Crippen molar-refractivity contribution in [2.24, 2.45) is 0 Å². The van der Waals surface area contributed by atoms with Crippen molar-refractivity contribution in [3.63, 3.8) is 0 Å². The fourth-order valence-corrected chi connectivity index (χ4v) is 2.90. The SMILES string of the molecule is COc1ccc(Br)cc1CN(C)C(=O)C=Cc1cccs1. The van der Waals surface area contributed by atoms with Crippen LogP contribution in [0, 0.1) is 0 Å². The van der Waals surface area contributed by atoms with Crippen LogP contribution in [0.4, 0.5) is 0 Å². The molecular weight excluding hydrogens is 350 g/mol. The van der Waals surface area contributed by atoms with Gasteiger partial charge in [0.25, 0.3) is 0 Å². The van der Waals surface area contributed by atoms with Crippen LogP contribution in [0.5, 0.6) is 5.75 Å². The molecule has 0 radical (unpaired) electrons. The van der Waals surface area contributed by atoms with Gasteiger partial charge in [-0.3, -0.25) is 4.79 Å². The summed E-state index contributed by atoms with van der Waals surface area (Å²) in [6.07, 6.45) is 3.43. The fraction of sp³-hybridized carbons (Fsp3) is 0.188. The van der Waals surface area contributed by atoms with Gasteiger partial charge in [0.2, 0.25) is 5.91 Å². The zero-order chi connectivity index (χ0) is 15.2. The minimum Gasteiger partial charge on any atom is -0.496 e. The van der Waals surface area contributed by atoms with Crippen molar-refractivity contribution in [3.8, 4) is 5.75 Å². The van der Waals surface area contributed by atoms with Crippen LogP contribution in [-0.2, 0) is 11.3 Å². The maximum absolute atomic E-state index is 12.1. The van der Waals surface area contributed by atoms with Crippen LogP contribution >= 0.6 is 27.3 Å². The number of carbonyl (C=O) groups excluding carboxylic acids is 1. The Labute approximate surface area is 137 Å². The van der Waals surface area contributed by atoms with Crippen molar-refractivity contribution in [1.29, 1.82) is 0 Å². The summed E-state index contributed by atoms with van der Waals surface area (Å²) in [5.74, 6) is 0.741. The maximum Gasteiger partial charge on any atom is 0.246 e. The van der Waals surface area contributed by atoms with E-state index >= 15 is 0 Å². The molecule has 0 aliphatic carbocycles. The topological polar surface area (TPSA) is 29.5 Å². The van der Waals surface area contributed by atoms with Gasteiger partial charge in [0.05, 0.1) is 7.11 Å². The highest BCUT2D eigenvalue weighted by atomic mass is 79.9. The minimum atomic E-state index is -0.0366. The molecule has 0 bridgehead atoms. The van der Waals surface area contributed by atoms with Crippen LogP contribution in [0.1, 0.15) is 10.4 Å². The first-order valence-corrected chi connectivity index (χ1v) is 8.06. The van der Waals surface area contributed by atoms with Crippen LogP contribution in [0.2, 0.25) is 0 Å². The summed E-state index contributed by atoms with van der Waals surface area (Å²) < 4.78 is 6.29.